The Morgan fingerprint density at radius 2 is 2.08 bits per heavy atom. The van der Waals surface area contributed by atoms with Crippen LogP contribution in [0.1, 0.15) is 23.2 Å². The number of carbonyl (C=O) groups excluding carboxylic acids is 2. The fraction of sp³-hybridized carbons (Fsp3) is 0.529. The summed E-state index contributed by atoms with van der Waals surface area (Å²) < 4.78 is 10.2. The molecule has 1 amide bonds. The first-order valence-corrected chi connectivity index (χ1v) is 8.00. The number of primary amides is 1. The Morgan fingerprint density at radius 3 is 2.71 bits per heavy atom. The number of hydrogen-bond acceptors (Lipinski definition) is 6. The number of aliphatic hydroxyl groups is 1. The van der Waals surface area contributed by atoms with E-state index in [4.69, 9.17) is 10.5 Å². The van der Waals surface area contributed by atoms with Crippen molar-refractivity contribution < 1.29 is 24.2 Å². The van der Waals surface area contributed by atoms with E-state index in [0.717, 1.165) is 25.9 Å². The van der Waals surface area contributed by atoms with Gasteiger partial charge in [0.25, 0.3) is 0 Å². The Labute approximate surface area is 141 Å². The van der Waals surface area contributed by atoms with Gasteiger partial charge >= 0.3 is 5.97 Å². The lowest BCUT2D eigenvalue weighted by atomic mass is 9.96. The summed E-state index contributed by atoms with van der Waals surface area (Å²) in [5, 5.41) is 10.1. The molecule has 1 aliphatic rings. The van der Waals surface area contributed by atoms with Crippen molar-refractivity contribution in [2.45, 2.75) is 18.9 Å². The zero-order valence-corrected chi connectivity index (χ0v) is 13.8. The molecule has 1 heterocycles. The number of hydrogen-bond donors (Lipinski definition) is 2. The molecular formula is C17H24N2O5. The summed E-state index contributed by atoms with van der Waals surface area (Å²) in [6, 6.07) is 6.63. The highest BCUT2D eigenvalue weighted by Crippen LogP contribution is 2.17. The molecule has 0 aliphatic carbocycles. The van der Waals surface area contributed by atoms with Crippen LogP contribution in [0.5, 0.6) is 5.75 Å². The number of piperidine rings is 1. The predicted molar refractivity (Wildman–Crippen MR) is 87.6 cm³/mol. The van der Waals surface area contributed by atoms with Gasteiger partial charge in [-0.2, -0.15) is 0 Å². The molecule has 1 aliphatic heterocycles. The molecule has 0 radical (unpaired) electrons. The maximum atomic E-state index is 11.5. The van der Waals surface area contributed by atoms with Gasteiger partial charge in [-0.05, 0) is 44.1 Å². The van der Waals surface area contributed by atoms with E-state index in [2.05, 4.69) is 9.64 Å². The minimum absolute atomic E-state index is 0.0595. The molecule has 1 aromatic carbocycles. The van der Waals surface area contributed by atoms with Crippen molar-refractivity contribution in [2.75, 3.05) is 33.4 Å². The molecule has 24 heavy (non-hydrogen) atoms. The van der Waals surface area contributed by atoms with Gasteiger partial charge in [0.1, 0.15) is 18.5 Å². The monoisotopic (exact) mass is 336 g/mol. The molecule has 1 saturated heterocycles. The zero-order valence-electron chi connectivity index (χ0n) is 13.8. The molecule has 1 fully saturated rings. The first kappa shape index (κ1) is 18.2. The fourth-order valence-electron chi connectivity index (χ4n) is 2.77. The minimum atomic E-state index is -0.656. The van der Waals surface area contributed by atoms with E-state index in [0.29, 0.717) is 17.9 Å². The lowest BCUT2D eigenvalue weighted by molar-refractivity contribution is -0.123. The molecule has 1 aromatic rings. The topological polar surface area (TPSA) is 102 Å². The number of amides is 1. The normalized spacial score (nSPS) is 17.2. The maximum absolute atomic E-state index is 11.5. The van der Waals surface area contributed by atoms with E-state index in [9.17, 15) is 14.7 Å². The number of rotatable bonds is 7. The molecular weight excluding hydrogens is 312 g/mol. The van der Waals surface area contributed by atoms with E-state index in [1.165, 1.54) is 7.11 Å². The molecule has 1 atom stereocenters. The Balaban J connectivity index is 1.76. The lowest BCUT2D eigenvalue weighted by Crippen LogP contribution is -2.43. The number of ether oxygens (including phenoxy) is 2. The van der Waals surface area contributed by atoms with Crippen molar-refractivity contribution in [1.29, 1.82) is 0 Å². The van der Waals surface area contributed by atoms with E-state index in [-0.39, 0.29) is 18.4 Å². The van der Waals surface area contributed by atoms with Crippen LogP contribution in [0.25, 0.3) is 0 Å². The van der Waals surface area contributed by atoms with Gasteiger partial charge in [0.15, 0.2) is 0 Å². The number of carbonyl (C=O) groups is 2. The van der Waals surface area contributed by atoms with Crippen molar-refractivity contribution in [3.63, 3.8) is 0 Å². The van der Waals surface area contributed by atoms with Gasteiger partial charge < -0.3 is 25.2 Å². The molecule has 7 heteroatoms. The third-order valence-electron chi connectivity index (χ3n) is 4.16. The largest absolute Gasteiger partial charge is 0.491 e. The smallest absolute Gasteiger partial charge is 0.337 e. The number of likely N-dealkylation sites (tertiary alicyclic amines) is 1. The average molecular weight is 336 g/mol. The number of aliphatic hydroxyl groups excluding tert-OH is 1. The van der Waals surface area contributed by atoms with E-state index in [1.807, 2.05) is 0 Å². The number of benzene rings is 1. The number of nitrogens with two attached hydrogens (primary N) is 1. The summed E-state index contributed by atoms with van der Waals surface area (Å²) in [5.41, 5.74) is 5.71. The highest BCUT2D eigenvalue weighted by Gasteiger charge is 2.24. The first-order chi connectivity index (χ1) is 11.5. The summed E-state index contributed by atoms with van der Waals surface area (Å²) in [6.45, 7) is 2.08. The summed E-state index contributed by atoms with van der Waals surface area (Å²) >= 11 is 0. The standard InChI is InChI=1S/C17H24N2O5/c1-23-17(22)13-3-2-4-15(9-13)24-11-14(20)10-19-7-5-12(6-8-19)16(18)21/h2-4,9,12,14,20H,5-8,10-11H2,1H3,(H2,18,21). The highest BCUT2D eigenvalue weighted by molar-refractivity contribution is 5.89. The van der Waals surface area contributed by atoms with E-state index >= 15 is 0 Å². The SMILES string of the molecule is COC(=O)c1cccc(OCC(O)CN2CCC(C(N)=O)CC2)c1. The molecule has 132 valence electrons. The second-order valence-electron chi connectivity index (χ2n) is 5.96. The third-order valence-corrected chi connectivity index (χ3v) is 4.16. The van der Waals surface area contributed by atoms with Gasteiger partial charge in [0.05, 0.1) is 12.7 Å². The highest BCUT2D eigenvalue weighted by atomic mass is 16.5. The van der Waals surface area contributed by atoms with Crippen LogP contribution in [0.2, 0.25) is 0 Å². The zero-order chi connectivity index (χ0) is 17.5. The van der Waals surface area contributed by atoms with Gasteiger partial charge in [-0.15, -0.1) is 0 Å². The summed E-state index contributed by atoms with van der Waals surface area (Å²) in [4.78, 5) is 24.7. The average Bonchev–Trinajstić information content (AvgIpc) is 2.60. The molecule has 2 rings (SSSR count). The summed E-state index contributed by atoms with van der Waals surface area (Å²) in [6.07, 6.45) is 0.797. The third kappa shape index (κ3) is 5.21. The fourth-order valence-corrected chi connectivity index (χ4v) is 2.77. The van der Waals surface area contributed by atoms with Crippen molar-refractivity contribution in [1.82, 2.24) is 4.90 Å². The molecule has 0 bridgehead atoms. The van der Waals surface area contributed by atoms with E-state index < -0.39 is 12.1 Å². The van der Waals surface area contributed by atoms with Gasteiger partial charge in [0, 0.05) is 12.5 Å². The molecule has 0 saturated carbocycles. The number of nitrogens with zero attached hydrogens (tertiary/aromatic N) is 1. The van der Waals surface area contributed by atoms with Crippen LogP contribution in [0.4, 0.5) is 0 Å². The Kier molecular flexibility index (Phi) is 6.57. The van der Waals surface area contributed by atoms with Gasteiger partial charge in [-0.1, -0.05) is 6.07 Å². The van der Waals surface area contributed by atoms with Crippen LogP contribution < -0.4 is 10.5 Å². The predicted octanol–water partition coefficient (Wildman–Crippen LogP) is 0.410. The Hall–Kier alpha value is -2.12. The van der Waals surface area contributed by atoms with Crippen LogP contribution in [0.3, 0.4) is 0 Å². The number of methoxy groups -OCH3 is 1. The maximum Gasteiger partial charge on any atom is 0.337 e. The van der Waals surface area contributed by atoms with Crippen LogP contribution in [-0.2, 0) is 9.53 Å². The van der Waals surface area contributed by atoms with Crippen molar-refractivity contribution in [3.8, 4) is 5.75 Å². The second-order valence-corrected chi connectivity index (χ2v) is 5.96. The van der Waals surface area contributed by atoms with Crippen LogP contribution >= 0.6 is 0 Å². The Bertz CT molecular complexity index is 570. The van der Waals surface area contributed by atoms with Gasteiger partial charge in [0.2, 0.25) is 5.91 Å². The number of β-amino-alcohol motifs (C(OH)–C–C–N with tert-alkyl or cyclic N) is 1. The lowest BCUT2D eigenvalue weighted by Gasteiger charge is -2.31. The molecule has 7 nitrogen and oxygen atoms in total. The van der Waals surface area contributed by atoms with Crippen LogP contribution in [0, 0.1) is 5.92 Å². The minimum Gasteiger partial charge on any atom is -0.491 e. The molecule has 0 spiro atoms. The van der Waals surface area contributed by atoms with Crippen molar-refractivity contribution in [3.05, 3.63) is 29.8 Å². The van der Waals surface area contributed by atoms with Crippen LogP contribution in [-0.4, -0.2) is 61.3 Å². The molecule has 0 aromatic heterocycles. The van der Waals surface area contributed by atoms with Crippen LogP contribution in [0.15, 0.2) is 24.3 Å². The summed E-state index contributed by atoms with van der Waals surface area (Å²) in [7, 11) is 1.32. The first-order valence-electron chi connectivity index (χ1n) is 8.00. The second kappa shape index (κ2) is 8.65. The Morgan fingerprint density at radius 1 is 1.38 bits per heavy atom. The molecule has 3 N–H and O–H groups in total. The summed E-state index contributed by atoms with van der Waals surface area (Å²) in [5.74, 6) is -0.234. The van der Waals surface area contributed by atoms with E-state index in [1.54, 1.807) is 24.3 Å². The van der Waals surface area contributed by atoms with Crippen molar-refractivity contribution >= 4 is 11.9 Å². The van der Waals surface area contributed by atoms with Gasteiger partial charge in [-0.3, -0.25) is 4.79 Å². The van der Waals surface area contributed by atoms with Crippen molar-refractivity contribution in [2.24, 2.45) is 11.7 Å². The number of esters is 1. The van der Waals surface area contributed by atoms with Gasteiger partial charge in [-0.25, -0.2) is 4.79 Å². The molecule has 1 unspecified atom stereocenters. The quantitative estimate of drug-likeness (QED) is 0.699.